The molecule has 0 aliphatic carbocycles. The Morgan fingerprint density at radius 3 is 1.24 bits per heavy atom. The Morgan fingerprint density at radius 1 is 0.765 bits per heavy atom. The van der Waals surface area contributed by atoms with Crippen molar-refractivity contribution in [1.82, 2.24) is 0 Å². The molecule has 0 aliphatic heterocycles. The summed E-state index contributed by atoms with van der Waals surface area (Å²) in [7, 11) is -17.6. The third-order valence-electron chi connectivity index (χ3n) is 0.403. The molecule has 0 spiro atoms. The SMILES string of the molecule is O=P([O-])([O-])OP(=O)([O-])OP(=O)([O-])O.[Li+].[Li+].[Li+].[Li+]. The van der Waals surface area contributed by atoms with Crippen LogP contribution in [0.5, 0.6) is 0 Å². The summed E-state index contributed by atoms with van der Waals surface area (Å²) in [6.45, 7) is 0. The summed E-state index contributed by atoms with van der Waals surface area (Å²) >= 11 is 0. The summed E-state index contributed by atoms with van der Waals surface area (Å²) in [6.07, 6.45) is 0. The molecule has 10 nitrogen and oxygen atoms in total. The van der Waals surface area contributed by atoms with Gasteiger partial charge in [0.2, 0.25) is 0 Å². The first kappa shape index (κ1) is 31.9. The fourth-order valence-electron chi connectivity index (χ4n) is 0.264. The third-order valence-corrected chi connectivity index (χ3v) is 3.63. The minimum absolute atomic E-state index is 0. The van der Waals surface area contributed by atoms with E-state index in [9.17, 15) is 33.3 Å². The van der Waals surface area contributed by atoms with Crippen LogP contribution in [0.1, 0.15) is 0 Å². The molecule has 0 aliphatic rings. The van der Waals surface area contributed by atoms with E-state index in [2.05, 4.69) is 8.62 Å². The van der Waals surface area contributed by atoms with Crippen molar-refractivity contribution in [3.63, 3.8) is 0 Å². The molecule has 17 heteroatoms. The molecular weight excluding hydrogens is 281 g/mol. The van der Waals surface area contributed by atoms with Crippen molar-refractivity contribution < 1.29 is 122 Å². The molecule has 0 aromatic carbocycles. The fraction of sp³-hybridized carbons (Fsp3) is 0. The topological polar surface area (TPSA) is 182 Å². The Hall–Kier alpha value is 2.80. The number of phosphoric acid groups is 3. The maximum Gasteiger partial charge on any atom is 1.00 e. The number of hydrogen-bond donors (Lipinski definition) is 1. The van der Waals surface area contributed by atoms with Crippen LogP contribution in [-0.4, -0.2) is 4.89 Å². The van der Waals surface area contributed by atoms with Crippen LogP contribution >= 0.6 is 23.5 Å². The minimum Gasteiger partial charge on any atom is -0.790 e. The fourth-order valence-corrected chi connectivity index (χ4v) is 2.64. The van der Waals surface area contributed by atoms with E-state index in [4.69, 9.17) is 4.89 Å². The second-order valence-corrected chi connectivity index (χ2v) is 5.56. The Labute approximate surface area is 144 Å². The Bertz CT molecular complexity index is 286. The van der Waals surface area contributed by atoms with E-state index in [0.717, 1.165) is 0 Å². The molecule has 0 heterocycles. The molecule has 0 amide bonds. The molecule has 0 rings (SSSR count). The summed E-state index contributed by atoms with van der Waals surface area (Å²) in [5, 5.41) is 0. The van der Waals surface area contributed by atoms with Crippen molar-refractivity contribution in [2.45, 2.75) is 0 Å². The minimum atomic E-state index is -5.95. The maximum absolute atomic E-state index is 10.1. The second-order valence-electron chi connectivity index (χ2n) is 1.53. The first-order chi connectivity index (χ1) is 5.41. The molecule has 80 valence electrons. The zero-order chi connectivity index (χ0) is 10.9. The Morgan fingerprint density at radius 2 is 1.06 bits per heavy atom. The van der Waals surface area contributed by atoms with Crippen molar-refractivity contribution in [3.05, 3.63) is 0 Å². The largest absolute Gasteiger partial charge is 1.00 e. The smallest absolute Gasteiger partial charge is 0.790 e. The summed E-state index contributed by atoms with van der Waals surface area (Å²) in [5.74, 6) is 0. The maximum atomic E-state index is 10.1. The molecule has 0 bridgehead atoms. The van der Waals surface area contributed by atoms with Gasteiger partial charge >= 0.3 is 75.4 Å². The van der Waals surface area contributed by atoms with Crippen molar-refractivity contribution in [3.8, 4) is 0 Å². The van der Waals surface area contributed by atoms with Crippen LogP contribution in [0.4, 0.5) is 0 Å². The summed E-state index contributed by atoms with van der Waals surface area (Å²) in [6, 6.07) is 0. The molecule has 2 unspecified atom stereocenters. The van der Waals surface area contributed by atoms with Crippen LogP contribution in [-0.2, 0) is 22.3 Å². The van der Waals surface area contributed by atoms with Gasteiger partial charge in [0.15, 0.2) is 0 Å². The van der Waals surface area contributed by atoms with Crippen LogP contribution in [0, 0.1) is 0 Å². The van der Waals surface area contributed by atoms with Crippen molar-refractivity contribution >= 4 is 23.5 Å². The van der Waals surface area contributed by atoms with Gasteiger partial charge in [-0.05, 0) is 0 Å². The Balaban J connectivity index is -0.000000120. The summed E-state index contributed by atoms with van der Waals surface area (Å²) in [4.78, 5) is 47.0. The van der Waals surface area contributed by atoms with Gasteiger partial charge in [-0.25, -0.2) is 4.31 Å². The van der Waals surface area contributed by atoms with Gasteiger partial charge in [-0.15, -0.1) is 0 Å². The van der Waals surface area contributed by atoms with Crippen LogP contribution in [0.25, 0.3) is 0 Å². The molecule has 0 fully saturated rings. The van der Waals surface area contributed by atoms with Crippen molar-refractivity contribution in [2.24, 2.45) is 0 Å². The van der Waals surface area contributed by atoms with Gasteiger partial charge in [-0.3, -0.25) is 13.4 Å². The predicted molar refractivity (Wildman–Crippen MR) is 27.2 cm³/mol. The monoisotopic (exact) mass is 282 g/mol. The zero-order valence-electron chi connectivity index (χ0n) is 9.46. The van der Waals surface area contributed by atoms with Crippen LogP contribution in [0.15, 0.2) is 0 Å². The van der Waals surface area contributed by atoms with Gasteiger partial charge in [0.25, 0.3) is 15.6 Å². The molecule has 0 saturated carbocycles. The van der Waals surface area contributed by atoms with E-state index in [1.54, 1.807) is 0 Å². The molecular formula is HLi4O10P3. The van der Waals surface area contributed by atoms with Gasteiger partial charge in [0, 0.05) is 0 Å². The van der Waals surface area contributed by atoms with Gasteiger partial charge in [-0.1, -0.05) is 0 Å². The average molecular weight is 282 g/mol. The molecule has 0 radical (unpaired) electrons. The molecule has 2 atom stereocenters. The van der Waals surface area contributed by atoms with E-state index < -0.39 is 23.5 Å². The average Bonchev–Trinajstić information content (AvgIpc) is 1.43. The number of hydrogen-bond acceptors (Lipinski definition) is 9. The van der Waals surface area contributed by atoms with E-state index in [1.807, 2.05) is 0 Å². The molecule has 0 aromatic rings. The first-order valence-corrected chi connectivity index (χ1v) is 6.62. The molecule has 1 N–H and O–H groups in total. The molecule has 0 saturated heterocycles. The number of rotatable bonds is 4. The second kappa shape index (κ2) is 11.5. The first-order valence-electron chi connectivity index (χ1n) is 2.21. The van der Waals surface area contributed by atoms with Crippen molar-refractivity contribution in [1.29, 1.82) is 0 Å². The standard InChI is InChI=1S/4Li.H5O10P3/c;;;;1-11(2,3)9-13(7,8)10-12(4,5)6/h;;;;(H,7,8)(H2,1,2,3)(H2,4,5,6)/q4*+1;/p-4. The van der Waals surface area contributed by atoms with E-state index in [-0.39, 0.29) is 75.4 Å². The predicted octanol–water partition coefficient (Wildman–Crippen LogP) is -15.2. The van der Waals surface area contributed by atoms with E-state index in [0.29, 0.717) is 0 Å². The van der Waals surface area contributed by atoms with Crippen LogP contribution in [0.2, 0.25) is 0 Å². The summed E-state index contributed by atoms with van der Waals surface area (Å²) in [5.41, 5.74) is 0. The zero-order valence-corrected chi connectivity index (χ0v) is 12.1. The normalized spacial score (nSPS) is 16.8. The summed E-state index contributed by atoms with van der Waals surface area (Å²) < 4.78 is 35.0. The van der Waals surface area contributed by atoms with Gasteiger partial charge in [0.05, 0.1) is 7.82 Å². The van der Waals surface area contributed by atoms with Crippen molar-refractivity contribution in [2.75, 3.05) is 0 Å². The van der Waals surface area contributed by atoms with Crippen LogP contribution < -0.4 is 95.0 Å². The van der Waals surface area contributed by atoms with Crippen LogP contribution in [0.3, 0.4) is 0 Å². The Kier molecular flexibility index (Phi) is 21.5. The van der Waals surface area contributed by atoms with Gasteiger partial charge in [-0.2, -0.15) is 0 Å². The quantitative estimate of drug-likeness (QED) is 0.383. The van der Waals surface area contributed by atoms with E-state index >= 15 is 0 Å². The van der Waals surface area contributed by atoms with Gasteiger partial charge < -0.3 is 29.0 Å². The van der Waals surface area contributed by atoms with Gasteiger partial charge in [0.1, 0.15) is 0 Å². The van der Waals surface area contributed by atoms with E-state index in [1.165, 1.54) is 0 Å². The molecule has 0 aromatic heterocycles. The molecule has 17 heavy (non-hydrogen) atoms. The third kappa shape index (κ3) is 24.2.